The molecule has 1 N–H and O–H groups in total. The summed E-state index contributed by atoms with van der Waals surface area (Å²) < 4.78 is 51.2. The van der Waals surface area contributed by atoms with Gasteiger partial charge in [-0.05, 0) is 63.3 Å². The van der Waals surface area contributed by atoms with Gasteiger partial charge in [0.15, 0.2) is 5.82 Å². The second-order valence-electron chi connectivity index (χ2n) is 10.6. The number of nitrogens with zero attached hydrogens (tertiary/aromatic N) is 4. The van der Waals surface area contributed by atoms with E-state index in [1.54, 1.807) is 38.2 Å². The Morgan fingerprint density at radius 1 is 1.07 bits per heavy atom. The Balaban J connectivity index is 1.46. The number of hydrogen-bond acceptors (Lipinski definition) is 6. The largest absolute Gasteiger partial charge is 0.485 e. The van der Waals surface area contributed by atoms with Crippen molar-refractivity contribution in [3.05, 3.63) is 92.4 Å². The van der Waals surface area contributed by atoms with E-state index in [4.69, 9.17) is 24.1 Å². The summed E-state index contributed by atoms with van der Waals surface area (Å²) in [4.78, 5) is 39.2. The lowest BCUT2D eigenvalue weighted by Gasteiger charge is -2.19. The molecule has 41 heavy (non-hydrogen) atoms. The van der Waals surface area contributed by atoms with Gasteiger partial charge in [-0.1, -0.05) is 18.0 Å². The fourth-order valence-electron chi connectivity index (χ4n) is 5.11. The normalized spacial score (nSPS) is 16.7. The Kier molecular flexibility index (Phi) is 6.20. The minimum Gasteiger partial charge on any atom is -0.485 e. The number of fused-ring (bicyclic) bond motifs is 4. The van der Waals surface area contributed by atoms with Crippen molar-refractivity contribution in [3.63, 3.8) is 0 Å². The summed E-state index contributed by atoms with van der Waals surface area (Å²) in [6.07, 6.45) is 5.94. The molecular formula is C30H26ClF2N5O3. The molecule has 0 saturated carbocycles. The first-order valence-corrected chi connectivity index (χ1v) is 13.5. The quantitative estimate of drug-likeness (QED) is 0.333. The van der Waals surface area contributed by atoms with Gasteiger partial charge in [-0.2, -0.15) is 0 Å². The van der Waals surface area contributed by atoms with Crippen molar-refractivity contribution in [3.8, 4) is 22.8 Å². The van der Waals surface area contributed by atoms with E-state index < -0.39 is 39.9 Å². The predicted molar refractivity (Wildman–Crippen MR) is 149 cm³/mol. The molecule has 0 bridgehead atoms. The highest BCUT2D eigenvalue weighted by atomic mass is 35.5. The van der Waals surface area contributed by atoms with Gasteiger partial charge in [-0.3, -0.25) is 24.1 Å². The molecule has 2 aliphatic rings. The second-order valence-corrected chi connectivity index (χ2v) is 11.0. The molecule has 0 aliphatic carbocycles. The number of nitrogens with one attached hydrogen (secondary N) is 1. The highest BCUT2D eigenvalue weighted by Gasteiger charge is 2.40. The van der Waals surface area contributed by atoms with E-state index in [9.17, 15) is 18.4 Å². The van der Waals surface area contributed by atoms with E-state index in [2.05, 4.69) is 15.3 Å². The average molecular weight is 580 g/mol. The number of amides is 1. The maximum atomic E-state index is 14.4. The molecular weight excluding hydrogens is 552 g/mol. The third kappa shape index (κ3) is 4.86. The second kappa shape index (κ2) is 10.3. The van der Waals surface area contributed by atoms with Crippen molar-refractivity contribution in [2.24, 2.45) is 0 Å². The third-order valence-electron chi connectivity index (χ3n) is 7.40. The topological polar surface area (TPSA) is 99.0 Å². The number of aryl methyl sites for hydroxylation is 2. The Morgan fingerprint density at radius 2 is 1.88 bits per heavy atom. The third-order valence-corrected chi connectivity index (χ3v) is 7.75. The molecule has 0 unspecified atom stereocenters. The van der Waals surface area contributed by atoms with Crippen LogP contribution in [0, 0.1) is 11.6 Å². The van der Waals surface area contributed by atoms with Crippen LogP contribution in [0.3, 0.4) is 0 Å². The van der Waals surface area contributed by atoms with Crippen LogP contribution >= 0.6 is 11.6 Å². The van der Waals surface area contributed by atoms with Crippen LogP contribution in [-0.2, 0) is 29.6 Å². The molecule has 0 saturated heterocycles. The van der Waals surface area contributed by atoms with E-state index in [1.165, 1.54) is 10.6 Å². The Bertz CT molecular complexity index is 1860. The van der Waals surface area contributed by atoms with Gasteiger partial charge >= 0.3 is 0 Å². The molecule has 4 aromatic rings. The number of hydrogen-bond donors (Lipinski definition) is 1. The molecule has 11 heteroatoms. The van der Waals surface area contributed by atoms with E-state index in [1.807, 2.05) is 0 Å². The van der Waals surface area contributed by atoms with Gasteiger partial charge < -0.3 is 10.1 Å². The first kappa shape index (κ1) is 24.6. The Morgan fingerprint density at radius 3 is 2.68 bits per heavy atom. The molecule has 0 fully saturated rings. The van der Waals surface area contributed by atoms with Gasteiger partial charge in [0.1, 0.15) is 28.8 Å². The highest BCUT2D eigenvalue weighted by molar-refractivity contribution is 6.31. The van der Waals surface area contributed by atoms with E-state index in [0.717, 1.165) is 24.8 Å². The molecule has 1 amide bonds. The summed E-state index contributed by atoms with van der Waals surface area (Å²) >= 11 is 6.49. The van der Waals surface area contributed by atoms with Crippen molar-refractivity contribution in [1.82, 2.24) is 19.5 Å². The fourth-order valence-corrected chi connectivity index (χ4v) is 5.28. The SMILES string of the molecule is [2H]C([2H])(Oc1cc2n(c(=O)c1Cl)-c1cc(-c3ccc4c(n3)C(C)(C)C(=O)N4)ncc1CCCCC2)c1ncc(F)cc1F. The standard InChI is InChI=1S/C30H26ClF2N5O3/c1-30(2)27-21(37-29(30)40)9-8-20(36-27)22-12-24-16(13-34-22)6-4-3-5-7-18-11-25(26(31)28(39)38(18)24)41-15-23-19(33)10-17(32)14-35-23/h8-14H,3-7,15H2,1-2H3,(H,37,40)/i15D2. The number of pyridine rings is 4. The van der Waals surface area contributed by atoms with Crippen LogP contribution in [0.25, 0.3) is 17.1 Å². The van der Waals surface area contributed by atoms with Crippen molar-refractivity contribution in [2.45, 2.75) is 57.9 Å². The molecule has 6 rings (SSSR count). The minimum atomic E-state index is -2.86. The van der Waals surface area contributed by atoms with Gasteiger partial charge in [0, 0.05) is 24.0 Å². The van der Waals surface area contributed by atoms with Gasteiger partial charge in [-0.25, -0.2) is 13.8 Å². The molecule has 0 radical (unpaired) electrons. The van der Waals surface area contributed by atoms with Crippen LogP contribution in [0.4, 0.5) is 14.5 Å². The predicted octanol–water partition coefficient (Wildman–Crippen LogP) is 5.70. The highest BCUT2D eigenvalue weighted by Crippen LogP contribution is 2.37. The van der Waals surface area contributed by atoms with E-state index in [0.29, 0.717) is 59.3 Å². The fraction of sp³-hybridized carbons (Fsp3) is 0.300. The number of anilines is 1. The Hall–Kier alpha value is -4.18. The summed E-state index contributed by atoms with van der Waals surface area (Å²) in [6.45, 7) is 0.731. The van der Waals surface area contributed by atoms with Gasteiger partial charge in [0.2, 0.25) is 5.91 Å². The van der Waals surface area contributed by atoms with Crippen LogP contribution in [0.5, 0.6) is 5.75 Å². The molecule has 0 aromatic carbocycles. The number of aromatic nitrogens is 4. The summed E-state index contributed by atoms with van der Waals surface area (Å²) in [7, 11) is 0. The number of ether oxygens (including phenoxy) is 1. The van der Waals surface area contributed by atoms with Crippen LogP contribution in [0.1, 0.15) is 58.5 Å². The smallest absolute Gasteiger partial charge is 0.277 e. The molecule has 6 heterocycles. The van der Waals surface area contributed by atoms with Crippen molar-refractivity contribution in [2.75, 3.05) is 5.32 Å². The maximum absolute atomic E-state index is 14.4. The zero-order chi connectivity index (χ0) is 30.7. The van der Waals surface area contributed by atoms with Crippen molar-refractivity contribution in [1.29, 1.82) is 0 Å². The number of carbonyl (C=O) groups excluding carboxylic acids is 1. The van der Waals surface area contributed by atoms with Crippen molar-refractivity contribution >= 4 is 23.2 Å². The monoisotopic (exact) mass is 579 g/mol. The zero-order valence-electron chi connectivity index (χ0n) is 24.2. The molecule has 2 aliphatic heterocycles. The summed E-state index contributed by atoms with van der Waals surface area (Å²) in [5, 5.41) is 2.42. The van der Waals surface area contributed by atoms with Gasteiger partial charge in [-0.15, -0.1) is 0 Å². The number of halogens is 3. The molecule has 0 atom stereocenters. The average Bonchev–Trinajstić information content (AvgIpc) is 3.22. The van der Waals surface area contributed by atoms with Crippen LogP contribution in [0.15, 0.2) is 47.5 Å². The zero-order valence-corrected chi connectivity index (χ0v) is 23.0. The van der Waals surface area contributed by atoms with Gasteiger partial charge in [0.05, 0.1) is 42.8 Å². The summed E-state index contributed by atoms with van der Waals surface area (Å²) in [5.74, 6) is -2.64. The lowest BCUT2D eigenvalue weighted by molar-refractivity contribution is -0.119. The first-order chi connectivity index (χ1) is 20.4. The summed E-state index contributed by atoms with van der Waals surface area (Å²) in [6, 6.07) is 7.25. The van der Waals surface area contributed by atoms with Crippen molar-refractivity contribution < 1.29 is 21.1 Å². The van der Waals surface area contributed by atoms with Crippen LogP contribution in [-0.4, -0.2) is 25.4 Å². The summed E-state index contributed by atoms with van der Waals surface area (Å²) in [5.41, 5.74) is 1.85. The van der Waals surface area contributed by atoms with E-state index in [-0.39, 0.29) is 11.7 Å². The Labute approximate surface area is 242 Å². The first-order valence-electron chi connectivity index (χ1n) is 14.1. The van der Waals surface area contributed by atoms with Gasteiger partial charge in [0.25, 0.3) is 5.56 Å². The molecule has 210 valence electrons. The van der Waals surface area contributed by atoms with E-state index >= 15 is 0 Å². The lowest BCUT2D eigenvalue weighted by atomic mass is 9.90. The number of carbonyl (C=O) groups is 1. The molecule has 8 nitrogen and oxygen atoms in total. The molecule has 4 aromatic heterocycles. The lowest BCUT2D eigenvalue weighted by Crippen LogP contribution is -2.27. The van der Waals surface area contributed by atoms with Crippen LogP contribution in [0.2, 0.25) is 5.02 Å². The molecule has 0 spiro atoms. The maximum Gasteiger partial charge on any atom is 0.277 e. The minimum absolute atomic E-state index is 0.148. The van der Waals surface area contributed by atoms with Crippen LogP contribution < -0.4 is 15.6 Å². The number of rotatable bonds is 4.